The molecule has 2 heterocycles. The molecule has 1 aromatic heterocycles. The first-order chi connectivity index (χ1) is 6.72. The molecule has 1 saturated heterocycles. The highest BCUT2D eigenvalue weighted by Gasteiger charge is 2.27. The molecule has 1 fully saturated rings. The van der Waals surface area contributed by atoms with Crippen LogP contribution in [-0.4, -0.2) is 21.6 Å². The second-order valence-corrected chi connectivity index (χ2v) is 5.48. The van der Waals surface area contributed by atoms with E-state index in [1.165, 1.54) is 17.9 Å². The fraction of sp³-hybridized carbons (Fsp3) is 0.667. The number of rotatable bonds is 2. The summed E-state index contributed by atoms with van der Waals surface area (Å²) in [7, 11) is 1.99. The first-order valence-electron chi connectivity index (χ1n) is 4.77. The zero-order valence-corrected chi connectivity index (χ0v) is 10.7. The molecule has 0 radical (unpaired) electrons. The van der Waals surface area contributed by atoms with Crippen molar-refractivity contribution in [1.82, 2.24) is 15.1 Å². The Hall–Kier alpha value is -0.0000000000000000763. The molecule has 2 unspecified atom stereocenters. The van der Waals surface area contributed by atoms with E-state index in [2.05, 4.69) is 33.3 Å². The molecular formula is C9H14BrN3S. The van der Waals surface area contributed by atoms with Crippen molar-refractivity contribution in [2.24, 2.45) is 7.05 Å². The van der Waals surface area contributed by atoms with Crippen LogP contribution < -0.4 is 5.32 Å². The van der Waals surface area contributed by atoms with Gasteiger partial charge in [0.05, 0.1) is 21.7 Å². The van der Waals surface area contributed by atoms with Gasteiger partial charge in [0.2, 0.25) is 0 Å². The van der Waals surface area contributed by atoms with Crippen LogP contribution in [0.2, 0.25) is 0 Å². The zero-order chi connectivity index (χ0) is 10.1. The summed E-state index contributed by atoms with van der Waals surface area (Å²) in [6.07, 6.45) is 3.05. The van der Waals surface area contributed by atoms with Gasteiger partial charge in [0.15, 0.2) is 0 Å². The predicted molar refractivity (Wildman–Crippen MR) is 63.3 cm³/mol. The minimum absolute atomic E-state index is 0.391. The highest BCUT2D eigenvalue weighted by molar-refractivity contribution is 9.10. The number of hydrogen-bond donors (Lipinski definition) is 1. The van der Waals surface area contributed by atoms with Crippen molar-refractivity contribution in [3.63, 3.8) is 0 Å². The molecule has 78 valence electrons. The number of nitrogens with zero attached hydrogens (tertiary/aromatic N) is 2. The highest BCUT2D eigenvalue weighted by atomic mass is 79.9. The summed E-state index contributed by atoms with van der Waals surface area (Å²) < 4.78 is 3.04. The van der Waals surface area contributed by atoms with Crippen LogP contribution in [-0.2, 0) is 7.05 Å². The first kappa shape index (κ1) is 10.5. The van der Waals surface area contributed by atoms with Crippen molar-refractivity contribution in [3.8, 4) is 0 Å². The summed E-state index contributed by atoms with van der Waals surface area (Å²) in [5, 5.41) is 8.22. The number of thioether (sulfide) groups is 1. The van der Waals surface area contributed by atoms with Crippen LogP contribution in [0.4, 0.5) is 0 Å². The quantitative estimate of drug-likeness (QED) is 0.899. The highest BCUT2D eigenvalue weighted by Crippen LogP contribution is 2.36. The van der Waals surface area contributed by atoms with Gasteiger partial charge in [0.25, 0.3) is 0 Å². The van der Waals surface area contributed by atoms with Crippen molar-refractivity contribution in [2.75, 3.05) is 5.75 Å². The third kappa shape index (κ3) is 1.85. The van der Waals surface area contributed by atoms with Crippen molar-refractivity contribution >= 4 is 27.7 Å². The summed E-state index contributed by atoms with van der Waals surface area (Å²) in [5.41, 5.74) is 1.24. The molecule has 0 aromatic carbocycles. The van der Waals surface area contributed by atoms with E-state index in [1.54, 1.807) is 0 Å². The molecule has 2 atom stereocenters. The lowest BCUT2D eigenvalue weighted by Crippen LogP contribution is -2.25. The first-order valence-corrected chi connectivity index (χ1v) is 6.61. The van der Waals surface area contributed by atoms with Crippen LogP contribution in [0.1, 0.15) is 24.4 Å². The number of halogens is 1. The van der Waals surface area contributed by atoms with E-state index < -0.39 is 0 Å². The average molecular weight is 276 g/mol. The lowest BCUT2D eigenvalue weighted by Gasteiger charge is -2.12. The second-order valence-electron chi connectivity index (χ2n) is 3.49. The Morgan fingerprint density at radius 1 is 1.79 bits per heavy atom. The lowest BCUT2D eigenvalue weighted by atomic mass is 10.2. The van der Waals surface area contributed by atoms with Crippen molar-refractivity contribution < 1.29 is 0 Å². The van der Waals surface area contributed by atoms with E-state index in [9.17, 15) is 0 Å². The topological polar surface area (TPSA) is 29.9 Å². The smallest absolute Gasteiger partial charge is 0.0973 e. The van der Waals surface area contributed by atoms with Gasteiger partial charge in [-0.1, -0.05) is 6.92 Å². The Bertz CT molecular complexity index is 306. The van der Waals surface area contributed by atoms with Crippen LogP contribution in [0.25, 0.3) is 0 Å². The second kappa shape index (κ2) is 4.24. The van der Waals surface area contributed by atoms with Gasteiger partial charge in [-0.2, -0.15) is 5.10 Å². The molecule has 0 amide bonds. The fourth-order valence-corrected chi connectivity index (χ4v) is 3.84. The summed E-state index contributed by atoms with van der Waals surface area (Å²) in [4.78, 5) is 0. The molecule has 3 nitrogen and oxygen atoms in total. The van der Waals surface area contributed by atoms with E-state index in [0.717, 1.165) is 4.47 Å². The predicted octanol–water partition coefficient (Wildman–Crippen LogP) is 2.30. The van der Waals surface area contributed by atoms with Gasteiger partial charge in [0, 0.05) is 18.8 Å². The summed E-state index contributed by atoms with van der Waals surface area (Å²) in [5.74, 6) is 1.19. The van der Waals surface area contributed by atoms with E-state index in [4.69, 9.17) is 0 Å². The molecule has 0 spiro atoms. The summed E-state index contributed by atoms with van der Waals surface area (Å²) in [6, 6.07) is 0.645. The molecule has 1 aliphatic rings. The average Bonchev–Trinajstić information content (AvgIpc) is 2.73. The Balaban J connectivity index is 2.17. The van der Waals surface area contributed by atoms with Crippen molar-refractivity contribution in [3.05, 3.63) is 16.4 Å². The Labute approximate surface area is 96.8 Å². The van der Waals surface area contributed by atoms with Crippen molar-refractivity contribution in [2.45, 2.75) is 24.8 Å². The monoisotopic (exact) mass is 275 g/mol. The molecule has 0 bridgehead atoms. The van der Waals surface area contributed by atoms with E-state index in [0.29, 0.717) is 11.4 Å². The minimum atomic E-state index is 0.391. The third-order valence-corrected chi connectivity index (χ3v) is 4.43. The maximum Gasteiger partial charge on any atom is 0.0973 e. The van der Waals surface area contributed by atoms with Crippen LogP contribution >= 0.6 is 27.7 Å². The molecule has 5 heteroatoms. The maximum absolute atomic E-state index is 4.23. The largest absolute Gasteiger partial charge is 0.297 e. The molecule has 0 aliphatic carbocycles. The fourth-order valence-electron chi connectivity index (χ4n) is 1.63. The molecule has 1 N–H and O–H groups in total. The number of hydrogen-bond acceptors (Lipinski definition) is 3. The lowest BCUT2D eigenvalue weighted by molar-refractivity contribution is 0.539. The minimum Gasteiger partial charge on any atom is -0.297 e. The SMILES string of the molecule is CCC1CSC(c2c(Br)cnn2C)N1. The van der Waals surface area contributed by atoms with Crippen LogP contribution in [0, 0.1) is 0 Å². The van der Waals surface area contributed by atoms with Crippen LogP contribution in [0.5, 0.6) is 0 Å². The molecule has 0 saturated carbocycles. The number of nitrogens with one attached hydrogen (secondary N) is 1. The Morgan fingerprint density at radius 2 is 2.57 bits per heavy atom. The molecular weight excluding hydrogens is 262 g/mol. The van der Waals surface area contributed by atoms with Crippen LogP contribution in [0.15, 0.2) is 10.7 Å². The molecule has 1 aromatic rings. The van der Waals surface area contributed by atoms with Gasteiger partial charge in [0.1, 0.15) is 0 Å². The van der Waals surface area contributed by atoms with E-state index >= 15 is 0 Å². The Kier molecular flexibility index (Phi) is 3.19. The van der Waals surface area contributed by atoms with Crippen LogP contribution in [0.3, 0.4) is 0 Å². The standard InChI is InChI=1S/C9H14BrN3S/c1-3-6-5-14-9(12-6)8-7(10)4-11-13(8)2/h4,6,9,12H,3,5H2,1-2H3. The molecule has 2 rings (SSSR count). The van der Waals surface area contributed by atoms with Gasteiger partial charge in [-0.15, -0.1) is 11.8 Å². The van der Waals surface area contributed by atoms with Gasteiger partial charge in [-0.25, -0.2) is 0 Å². The van der Waals surface area contributed by atoms with Gasteiger partial charge in [-0.3, -0.25) is 10.00 Å². The van der Waals surface area contributed by atoms with Crippen molar-refractivity contribution in [1.29, 1.82) is 0 Å². The number of aromatic nitrogens is 2. The van der Waals surface area contributed by atoms with Gasteiger partial charge >= 0.3 is 0 Å². The summed E-state index contributed by atoms with van der Waals surface area (Å²) >= 11 is 5.49. The molecule has 1 aliphatic heterocycles. The van der Waals surface area contributed by atoms with E-state index in [-0.39, 0.29) is 0 Å². The van der Waals surface area contributed by atoms with Gasteiger partial charge < -0.3 is 0 Å². The normalized spacial score (nSPS) is 27.1. The van der Waals surface area contributed by atoms with E-state index in [1.807, 2.05) is 29.7 Å². The third-order valence-electron chi connectivity index (χ3n) is 2.53. The maximum atomic E-state index is 4.23. The zero-order valence-electron chi connectivity index (χ0n) is 8.33. The summed E-state index contributed by atoms with van der Waals surface area (Å²) in [6.45, 7) is 2.22. The van der Waals surface area contributed by atoms with Gasteiger partial charge in [-0.05, 0) is 22.4 Å². The molecule has 14 heavy (non-hydrogen) atoms. The number of aryl methyl sites for hydroxylation is 1. The Morgan fingerprint density at radius 3 is 3.07 bits per heavy atom.